The second-order valence-electron chi connectivity index (χ2n) is 8.10. The van der Waals surface area contributed by atoms with Crippen molar-refractivity contribution in [3.63, 3.8) is 0 Å². The molecule has 2 aliphatic rings. The Balaban J connectivity index is 1.39. The average Bonchev–Trinajstić information content (AvgIpc) is 3.62. The zero-order valence-corrected chi connectivity index (χ0v) is 18.1. The monoisotopic (exact) mass is 441 g/mol. The number of nitrogens with one attached hydrogen (secondary N) is 2. The number of sulfonamides is 1. The molecule has 0 spiro atoms. The van der Waals surface area contributed by atoms with E-state index in [4.69, 9.17) is 0 Å². The number of amides is 2. The van der Waals surface area contributed by atoms with E-state index in [-0.39, 0.29) is 23.3 Å². The minimum absolute atomic E-state index is 0.0814. The van der Waals surface area contributed by atoms with Crippen molar-refractivity contribution in [3.8, 4) is 0 Å². The molecule has 1 atom stereocenters. The van der Waals surface area contributed by atoms with Crippen molar-refractivity contribution in [1.29, 1.82) is 0 Å². The van der Waals surface area contributed by atoms with Crippen LogP contribution in [0, 0.1) is 0 Å². The lowest BCUT2D eigenvalue weighted by atomic mass is 10.0. The lowest BCUT2D eigenvalue weighted by molar-refractivity contribution is -0.125. The molecular formula is C23H27N3O4S. The fourth-order valence-corrected chi connectivity index (χ4v) is 5.44. The highest BCUT2D eigenvalue weighted by Crippen LogP contribution is 2.25. The van der Waals surface area contributed by atoms with Crippen LogP contribution in [0.3, 0.4) is 0 Å². The molecule has 1 aliphatic heterocycles. The van der Waals surface area contributed by atoms with Crippen LogP contribution in [-0.4, -0.2) is 43.2 Å². The zero-order valence-electron chi connectivity index (χ0n) is 17.3. The number of carbonyl (C=O) groups is 2. The number of hydrogen-bond donors (Lipinski definition) is 2. The Morgan fingerprint density at radius 2 is 1.65 bits per heavy atom. The summed E-state index contributed by atoms with van der Waals surface area (Å²) in [6, 6.07) is 14.9. The third-order valence-electron chi connectivity index (χ3n) is 5.70. The van der Waals surface area contributed by atoms with Crippen LogP contribution in [0.2, 0.25) is 0 Å². The van der Waals surface area contributed by atoms with E-state index < -0.39 is 16.1 Å². The maximum atomic E-state index is 13.1. The van der Waals surface area contributed by atoms with E-state index in [1.54, 1.807) is 54.6 Å². The largest absolute Gasteiger partial charge is 0.351 e. The maximum Gasteiger partial charge on any atom is 0.251 e. The number of benzene rings is 2. The van der Waals surface area contributed by atoms with E-state index >= 15 is 0 Å². The lowest BCUT2D eigenvalue weighted by Gasteiger charge is -2.33. The molecule has 8 heteroatoms. The predicted octanol–water partition coefficient (Wildman–Crippen LogP) is 2.44. The quantitative estimate of drug-likeness (QED) is 0.690. The molecule has 1 heterocycles. The third kappa shape index (κ3) is 5.14. The minimum atomic E-state index is -3.73. The average molecular weight is 442 g/mol. The van der Waals surface area contributed by atoms with Gasteiger partial charge in [-0.05, 0) is 55.5 Å². The number of rotatable bonds is 7. The maximum absolute atomic E-state index is 13.1. The third-order valence-corrected chi connectivity index (χ3v) is 7.62. The van der Waals surface area contributed by atoms with Gasteiger partial charge in [-0.1, -0.05) is 36.8 Å². The Morgan fingerprint density at radius 3 is 2.32 bits per heavy atom. The van der Waals surface area contributed by atoms with E-state index in [2.05, 4.69) is 10.6 Å². The first-order chi connectivity index (χ1) is 14.9. The summed E-state index contributed by atoms with van der Waals surface area (Å²) in [6.45, 7) is 0.610. The fraction of sp³-hybridized carbons (Fsp3) is 0.391. The van der Waals surface area contributed by atoms with Crippen LogP contribution in [0.5, 0.6) is 0 Å². The van der Waals surface area contributed by atoms with Gasteiger partial charge in [-0.15, -0.1) is 0 Å². The summed E-state index contributed by atoms with van der Waals surface area (Å²) >= 11 is 0. The van der Waals surface area contributed by atoms with Gasteiger partial charge in [0.2, 0.25) is 15.9 Å². The van der Waals surface area contributed by atoms with E-state index in [1.807, 2.05) is 0 Å². The Labute approximate surface area is 182 Å². The normalized spacial score (nSPS) is 19.5. The van der Waals surface area contributed by atoms with Gasteiger partial charge in [0.05, 0.1) is 4.90 Å². The molecular weight excluding hydrogens is 414 g/mol. The van der Waals surface area contributed by atoms with Crippen LogP contribution >= 0.6 is 0 Å². The van der Waals surface area contributed by atoms with Gasteiger partial charge in [-0.3, -0.25) is 9.59 Å². The molecule has 0 radical (unpaired) electrons. The van der Waals surface area contributed by atoms with Gasteiger partial charge in [0.1, 0.15) is 6.04 Å². The summed E-state index contributed by atoms with van der Waals surface area (Å²) in [4.78, 5) is 25.2. The molecule has 164 valence electrons. The molecule has 4 rings (SSSR count). The molecule has 1 aliphatic carbocycles. The van der Waals surface area contributed by atoms with E-state index in [0.29, 0.717) is 24.6 Å². The van der Waals surface area contributed by atoms with Gasteiger partial charge >= 0.3 is 0 Å². The van der Waals surface area contributed by atoms with Gasteiger partial charge in [-0.2, -0.15) is 4.31 Å². The topological polar surface area (TPSA) is 95.6 Å². The summed E-state index contributed by atoms with van der Waals surface area (Å²) in [5.41, 5.74) is 1.44. The smallest absolute Gasteiger partial charge is 0.251 e. The Hall–Kier alpha value is -2.71. The molecule has 1 unspecified atom stereocenters. The van der Waals surface area contributed by atoms with Crippen molar-refractivity contribution < 1.29 is 18.0 Å². The molecule has 1 saturated carbocycles. The Bertz CT molecular complexity index is 1030. The molecule has 2 aromatic rings. The van der Waals surface area contributed by atoms with Crippen molar-refractivity contribution in [2.45, 2.75) is 55.6 Å². The molecule has 2 amide bonds. The van der Waals surface area contributed by atoms with Crippen molar-refractivity contribution in [2.75, 3.05) is 6.54 Å². The van der Waals surface area contributed by atoms with E-state index in [0.717, 1.165) is 31.2 Å². The van der Waals surface area contributed by atoms with Gasteiger partial charge in [-0.25, -0.2) is 8.42 Å². The summed E-state index contributed by atoms with van der Waals surface area (Å²) in [6.07, 6.45) is 4.12. The van der Waals surface area contributed by atoms with Gasteiger partial charge < -0.3 is 10.6 Å². The highest BCUT2D eigenvalue weighted by Gasteiger charge is 2.37. The van der Waals surface area contributed by atoms with Crippen molar-refractivity contribution in [1.82, 2.24) is 14.9 Å². The van der Waals surface area contributed by atoms with Crippen LogP contribution in [0.1, 0.15) is 48.0 Å². The molecule has 0 aromatic heterocycles. The van der Waals surface area contributed by atoms with Crippen molar-refractivity contribution in [2.24, 2.45) is 0 Å². The number of carbonyl (C=O) groups excluding carboxylic acids is 2. The lowest BCUT2D eigenvalue weighted by Crippen LogP contribution is -2.51. The first-order valence-electron chi connectivity index (χ1n) is 10.7. The first-order valence-corrected chi connectivity index (χ1v) is 12.1. The van der Waals surface area contributed by atoms with Crippen LogP contribution in [0.4, 0.5) is 0 Å². The Morgan fingerprint density at radius 1 is 0.935 bits per heavy atom. The minimum Gasteiger partial charge on any atom is -0.351 e. The summed E-state index contributed by atoms with van der Waals surface area (Å²) in [7, 11) is -3.73. The van der Waals surface area contributed by atoms with Crippen LogP contribution in [0.25, 0.3) is 0 Å². The van der Waals surface area contributed by atoms with Gasteiger partial charge in [0, 0.05) is 24.7 Å². The molecule has 0 bridgehead atoms. The first kappa shape index (κ1) is 21.5. The second-order valence-corrected chi connectivity index (χ2v) is 9.99. The molecule has 2 fully saturated rings. The van der Waals surface area contributed by atoms with Crippen LogP contribution in [-0.2, 0) is 21.4 Å². The SMILES string of the molecule is O=C(NC1CC1)c1ccc(CNC(=O)C2CCCCN2S(=O)(=O)c2ccccc2)cc1. The van der Waals surface area contributed by atoms with Crippen molar-refractivity contribution in [3.05, 3.63) is 65.7 Å². The van der Waals surface area contributed by atoms with Gasteiger partial charge in [0.15, 0.2) is 0 Å². The molecule has 1 saturated heterocycles. The summed E-state index contributed by atoms with van der Waals surface area (Å²) in [5, 5.41) is 5.81. The Kier molecular flexibility index (Phi) is 6.38. The van der Waals surface area contributed by atoms with Crippen LogP contribution in [0.15, 0.2) is 59.5 Å². The molecule has 2 aromatic carbocycles. The standard InChI is InChI=1S/C23H27N3O4S/c27-22(25-19-13-14-19)18-11-9-17(10-12-18)16-24-23(28)21-8-4-5-15-26(21)31(29,30)20-6-2-1-3-7-20/h1-3,6-7,9-12,19,21H,4-5,8,13-16H2,(H,24,28)(H,25,27). The number of piperidine rings is 1. The van der Waals surface area contributed by atoms with Crippen molar-refractivity contribution >= 4 is 21.8 Å². The summed E-state index contributed by atoms with van der Waals surface area (Å²) in [5.74, 6) is -0.378. The van der Waals surface area contributed by atoms with E-state index in [9.17, 15) is 18.0 Å². The molecule has 31 heavy (non-hydrogen) atoms. The van der Waals surface area contributed by atoms with Crippen LogP contribution < -0.4 is 10.6 Å². The number of nitrogens with zero attached hydrogens (tertiary/aromatic N) is 1. The zero-order chi connectivity index (χ0) is 21.8. The number of hydrogen-bond acceptors (Lipinski definition) is 4. The molecule has 7 nitrogen and oxygen atoms in total. The second kappa shape index (κ2) is 9.20. The summed E-state index contributed by atoms with van der Waals surface area (Å²) < 4.78 is 27.5. The highest BCUT2D eigenvalue weighted by molar-refractivity contribution is 7.89. The molecule has 2 N–H and O–H groups in total. The predicted molar refractivity (Wildman–Crippen MR) is 117 cm³/mol. The fourth-order valence-electron chi connectivity index (χ4n) is 3.76. The van der Waals surface area contributed by atoms with Gasteiger partial charge in [0.25, 0.3) is 5.91 Å². The highest BCUT2D eigenvalue weighted by atomic mass is 32.2. The van der Waals surface area contributed by atoms with E-state index in [1.165, 1.54) is 4.31 Å².